The van der Waals surface area contributed by atoms with Gasteiger partial charge in [-0.2, -0.15) is 4.31 Å². The lowest BCUT2D eigenvalue weighted by atomic mass is 10.1. The number of aryl methyl sites for hydroxylation is 1. The molecular weight excluding hydrogens is 475 g/mol. The molecule has 3 aromatic rings. The Morgan fingerprint density at radius 1 is 0.971 bits per heavy atom. The predicted octanol–water partition coefficient (Wildman–Crippen LogP) is 2.58. The Labute approximate surface area is 192 Å². The molecule has 0 aliphatic carbocycles. The molecule has 0 saturated carbocycles. The van der Waals surface area contributed by atoms with Crippen LogP contribution in [0.3, 0.4) is 0 Å². The molecule has 4 rings (SSSR count). The number of aromatic nitrogens is 1. The number of hydrogen-bond acceptors (Lipinski definition) is 5. The normalized spacial score (nSPS) is 15.5. The third-order valence-electron chi connectivity index (χ3n) is 5.61. The average molecular weight is 495 g/mol. The Kier molecular flexibility index (Phi) is 6.13. The number of rotatable bonds is 4. The van der Waals surface area contributed by atoms with Crippen molar-refractivity contribution in [3.63, 3.8) is 0 Å². The summed E-state index contributed by atoms with van der Waals surface area (Å²) >= 11 is 0. The quantitative estimate of drug-likeness (QED) is 0.555. The molecule has 0 unspecified atom stereocenters. The number of ether oxygens (including phenoxy) is 1. The van der Waals surface area contributed by atoms with Crippen LogP contribution in [0.1, 0.15) is 10.4 Å². The molecule has 1 saturated heterocycles. The standard InChI is InChI=1S/C22H20F3N3O5S/c1-26-19-5-3-2-4-17(19)18(14-20(26)29)21(30)27-10-12-28(13-11-27)34(31,32)16-8-6-15(7-9-16)33-22(23,24)25/h2-9,14H,10-13H2,1H3. The number of para-hydroxylation sites is 1. The van der Waals surface area contributed by atoms with Crippen LogP contribution in [0.4, 0.5) is 13.2 Å². The van der Waals surface area contributed by atoms with Crippen molar-refractivity contribution in [3.8, 4) is 5.75 Å². The van der Waals surface area contributed by atoms with Gasteiger partial charge in [-0.3, -0.25) is 9.59 Å². The fourth-order valence-electron chi connectivity index (χ4n) is 3.85. The van der Waals surface area contributed by atoms with Gasteiger partial charge in [-0.15, -0.1) is 13.2 Å². The first-order chi connectivity index (χ1) is 16.0. The number of carbonyl (C=O) groups is 1. The number of piperazine rings is 1. The van der Waals surface area contributed by atoms with Crippen LogP contribution in [0.25, 0.3) is 10.9 Å². The van der Waals surface area contributed by atoms with Gasteiger partial charge >= 0.3 is 6.36 Å². The highest BCUT2D eigenvalue weighted by atomic mass is 32.2. The van der Waals surface area contributed by atoms with Crippen molar-refractivity contribution in [2.75, 3.05) is 26.2 Å². The summed E-state index contributed by atoms with van der Waals surface area (Å²) in [5.74, 6) is -0.900. The summed E-state index contributed by atoms with van der Waals surface area (Å²) in [5, 5.41) is 0.616. The van der Waals surface area contributed by atoms with Gasteiger partial charge in [0.15, 0.2) is 0 Å². The molecule has 1 fully saturated rings. The summed E-state index contributed by atoms with van der Waals surface area (Å²) in [6, 6.07) is 12.2. The minimum Gasteiger partial charge on any atom is -0.406 e. The SMILES string of the molecule is Cn1c(=O)cc(C(=O)N2CCN(S(=O)(=O)c3ccc(OC(F)(F)F)cc3)CC2)c2ccccc21. The number of pyridine rings is 1. The van der Waals surface area contributed by atoms with Gasteiger partial charge in [0.25, 0.3) is 11.5 Å². The first kappa shape index (κ1) is 23.8. The van der Waals surface area contributed by atoms with Crippen LogP contribution in [-0.2, 0) is 17.1 Å². The van der Waals surface area contributed by atoms with E-state index in [1.807, 2.05) is 0 Å². The van der Waals surface area contributed by atoms with Gasteiger partial charge in [0.1, 0.15) is 5.75 Å². The summed E-state index contributed by atoms with van der Waals surface area (Å²) in [5.41, 5.74) is 0.522. The van der Waals surface area contributed by atoms with Crippen molar-refractivity contribution in [3.05, 3.63) is 70.5 Å². The number of nitrogens with zero attached hydrogens (tertiary/aromatic N) is 3. The Balaban J connectivity index is 1.49. The second-order valence-electron chi connectivity index (χ2n) is 7.69. The Morgan fingerprint density at radius 3 is 2.21 bits per heavy atom. The smallest absolute Gasteiger partial charge is 0.406 e. The molecule has 0 spiro atoms. The van der Waals surface area contributed by atoms with Gasteiger partial charge in [0, 0.05) is 44.7 Å². The third kappa shape index (κ3) is 4.64. The Bertz CT molecular complexity index is 1390. The van der Waals surface area contributed by atoms with Crippen LogP contribution < -0.4 is 10.3 Å². The van der Waals surface area contributed by atoms with E-state index in [9.17, 15) is 31.2 Å². The zero-order valence-corrected chi connectivity index (χ0v) is 18.8. The van der Waals surface area contributed by atoms with E-state index in [0.717, 1.165) is 24.3 Å². The number of amides is 1. The molecule has 0 N–H and O–H groups in total. The van der Waals surface area contributed by atoms with E-state index in [-0.39, 0.29) is 48.1 Å². The van der Waals surface area contributed by atoms with Crippen LogP contribution >= 0.6 is 0 Å². The van der Waals surface area contributed by atoms with Gasteiger partial charge in [-0.05, 0) is 30.3 Å². The van der Waals surface area contributed by atoms with E-state index in [4.69, 9.17) is 0 Å². The second kappa shape index (κ2) is 8.76. The topological polar surface area (TPSA) is 88.9 Å². The van der Waals surface area contributed by atoms with Gasteiger partial charge in [-0.25, -0.2) is 8.42 Å². The zero-order chi connectivity index (χ0) is 24.7. The number of hydrogen-bond donors (Lipinski definition) is 0. The lowest BCUT2D eigenvalue weighted by Gasteiger charge is -2.34. The molecule has 12 heteroatoms. The van der Waals surface area contributed by atoms with E-state index < -0.39 is 22.1 Å². The number of halogens is 3. The van der Waals surface area contributed by atoms with Crippen molar-refractivity contribution < 1.29 is 31.1 Å². The molecule has 2 aromatic carbocycles. The van der Waals surface area contributed by atoms with Crippen molar-refractivity contribution in [1.29, 1.82) is 0 Å². The van der Waals surface area contributed by atoms with E-state index in [1.165, 1.54) is 19.8 Å². The van der Waals surface area contributed by atoms with Crippen LogP contribution in [0.5, 0.6) is 5.75 Å². The van der Waals surface area contributed by atoms with E-state index in [0.29, 0.717) is 10.9 Å². The lowest BCUT2D eigenvalue weighted by molar-refractivity contribution is -0.274. The maximum absolute atomic E-state index is 13.2. The molecule has 2 heterocycles. The highest BCUT2D eigenvalue weighted by Crippen LogP contribution is 2.26. The predicted molar refractivity (Wildman–Crippen MR) is 117 cm³/mol. The minimum absolute atomic E-state index is 0.00233. The van der Waals surface area contributed by atoms with Crippen LogP contribution in [0.2, 0.25) is 0 Å². The molecule has 8 nitrogen and oxygen atoms in total. The fraction of sp³-hybridized carbons (Fsp3) is 0.273. The summed E-state index contributed by atoms with van der Waals surface area (Å²) in [7, 11) is -2.36. The second-order valence-corrected chi connectivity index (χ2v) is 9.63. The number of sulfonamides is 1. The molecule has 0 radical (unpaired) electrons. The molecule has 0 bridgehead atoms. The van der Waals surface area contributed by atoms with Crippen LogP contribution in [0, 0.1) is 0 Å². The summed E-state index contributed by atoms with van der Waals surface area (Å²) in [6.07, 6.45) is -4.88. The first-order valence-corrected chi connectivity index (χ1v) is 11.7. The van der Waals surface area contributed by atoms with Crippen molar-refractivity contribution in [2.24, 2.45) is 7.05 Å². The molecule has 0 atom stereocenters. The number of benzene rings is 2. The monoisotopic (exact) mass is 495 g/mol. The van der Waals surface area contributed by atoms with Gasteiger partial charge in [0.2, 0.25) is 10.0 Å². The van der Waals surface area contributed by atoms with Crippen LogP contribution in [0.15, 0.2) is 64.3 Å². The van der Waals surface area contributed by atoms with Crippen molar-refractivity contribution in [1.82, 2.24) is 13.8 Å². The van der Waals surface area contributed by atoms with Crippen molar-refractivity contribution in [2.45, 2.75) is 11.3 Å². The molecule has 1 aliphatic heterocycles. The number of alkyl halides is 3. The maximum Gasteiger partial charge on any atom is 0.573 e. The lowest BCUT2D eigenvalue weighted by Crippen LogP contribution is -2.50. The number of carbonyl (C=O) groups excluding carboxylic acids is 1. The average Bonchev–Trinajstić information content (AvgIpc) is 2.80. The number of fused-ring (bicyclic) bond motifs is 1. The van der Waals surface area contributed by atoms with Gasteiger partial charge in [0.05, 0.1) is 16.0 Å². The molecule has 1 amide bonds. The minimum atomic E-state index is -4.88. The Hall–Kier alpha value is -3.38. The Morgan fingerprint density at radius 2 is 1.59 bits per heavy atom. The molecule has 34 heavy (non-hydrogen) atoms. The van der Waals surface area contributed by atoms with Crippen molar-refractivity contribution >= 4 is 26.8 Å². The summed E-state index contributed by atoms with van der Waals surface area (Å²) in [6.45, 7) is 0.184. The summed E-state index contributed by atoms with van der Waals surface area (Å²) in [4.78, 5) is 26.8. The van der Waals surface area contributed by atoms with E-state index in [1.54, 1.807) is 31.3 Å². The largest absolute Gasteiger partial charge is 0.573 e. The molecular formula is C22H20F3N3O5S. The first-order valence-electron chi connectivity index (χ1n) is 10.2. The van der Waals surface area contributed by atoms with Gasteiger partial charge in [-0.1, -0.05) is 18.2 Å². The molecule has 180 valence electrons. The van der Waals surface area contributed by atoms with Gasteiger partial charge < -0.3 is 14.2 Å². The maximum atomic E-state index is 13.2. The highest BCUT2D eigenvalue weighted by molar-refractivity contribution is 7.89. The van der Waals surface area contributed by atoms with E-state index in [2.05, 4.69) is 4.74 Å². The van der Waals surface area contributed by atoms with Crippen LogP contribution in [-0.4, -0.2) is 60.6 Å². The molecule has 1 aliphatic rings. The highest BCUT2D eigenvalue weighted by Gasteiger charge is 2.33. The fourth-order valence-corrected chi connectivity index (χ4v) is 5.27. The summed E-state index contributed by atoms with van der Waals surface area (Å²) < 4.78 is 69.1. The third-order valence-corrected chi connectivity index (χ3v) is 7.52. The zero-order valence-electron chi connectivity index (χ0n) is 17.9. The van der Waals surface area contributed by atoms with E-state index >= 15 is 0 Å². The molecule has 1 aromatic heterocycles.